The average molecular weight is 402 g/mol. The van der Waals surface area contributed by atoms with Crippen LogP contribution in [0.25, 0.3) is 11.3 Å². The minimum absolute atomic E-state index is 0.240. The maximum atomic E-state index is 12.4. The molecule has 6 nitrogen and oxygen atoms in total. The summed E-state index contributed by atoms with van der Waals surface area (Å²) >= 11 is 1.61. The van der Waals surface area contributed by atoms with E-state index in [4.69, 9.17) is 9.72 Å². The van der Waals surface area contributed by atoms with Crippen molar-refractivity contribution in [1.82, 2.24) is 4.98 Å². The van der Waals surface area contributed by atoms with Crippen molar-refractivity contribution in [3.63, 3.8) is 0 Å². The zero-order chi connectivity index (χ0) is 18.7. The standard InChI is InChI=1S/C19H19N3O3S2/c23-27(24,17-4-2-1-3-5-17)21-16-8-6-15(7-9-16)18-14-26-19(20-18)22-10-12-25-13-11-22/h1-9,14,21H,10-13H2. The molecule has 0 bridgehead atoms. The molecule has 1 aliphatic heterocycles. The van der Waals surface area contributed by atoms with Crippen LogP contribution in [0.4, 0.5) is 10.8 Å². The Bertz CT molecular complexity index is 996. The molecular weight excluding hydrogens is 382 g/mol. The molecule has 4 rings (SSSR count). The normalized spacial score (nSPS) is 14.9. The third-order valence-corrected chi connectivity index (χ3v) is 6.56. The molecule has 27 heavy (non-hydrogen) atoms. The second-order valence-electron chi connectivity index (χ2n) is 6.11. The minimum atomic E-state index is -3.58. The average Bonchev–Trinajstić information content (AvgIpc) is 3.20. The Morgan fingerprint density at radius 2 is 1.70 bits per heavy atom. The van der Waals surface area contributed by atoms with Crippen molar-refractivity contribution in [1.29, 1.82) is 0 Å². The highest BCUT2D eigenvalue weighted by molar-refractivity contribution is 7.92. The van der Waals surface area contributed by atoms with Crippen molar-refractivity contribution in [2.45, 2.75) is 4.90 Å². The second-order valence-corrected chi connectivity index (χ2v) is 8.63. The van der Waals surface area contributed by atoms with Gasteiger partial charge in [0.1, 0.15) is 0 Å². The van der Waals surface area contributed by atoms with E-state index in [0.29, 0.717) is 5.69 Å². The molecule has 1 N–H and O–H groups in total. The van der Waals surface area contributed by atoms with Crippen LogP contribution < -0.4 is 9.62 Å². The highest BCUT2D eigenvalue weighted by Gasteiger charge is 2.16. The monoisotopic (exact) mass is 401 g/mol. The van der Waals surface area contributed by atoms with Gasteiger partial charge in [-0.2, -0.15) is 0 Å². The van der Waals surface area contributed by atoms with Crippen molar-refractivity contribution in [3.05, 3.63) is 60.0 Å². The summed E-state index contributed by atoms with van der Waals surface area (Å²) in [4.78, 5) is 7.17. The third-order valence-electron chi connectivity index (χ3n) is 4.26. The molecular formula is C19H19N3O3S2. The maximum Gasteiger partial charge on any atom is 0.261 e. The lowest BCUT2D eigenvalue weighted by Crippen LogP contribution is -2.36. The van der Waals surface area contributed by atoms with Gasteiger partial charge in [0.25, 0.3) is 10.0 Å². The molecule has 0 atom stereocenters. The summed E-state index contributed by atoms with van der Waals surface area (Å²) in [5.74, 6) is 0. The number of rotatable bonds is 5. The van der Waals surface area contributed by atoms with E-state index in [2.05, 4.69) is 9.62 Å². The predicted molar refractivity (Wildman–Crippen MR) is 108 cm³/mol. The Morgan fingerprint density at radius 1 is 1.00 bits per heavy atom. The van der Waals surface area contributed by atoms with Crippen molar-refractivity contribution in [2.24, 2.45) is 0 Å². The Morgan fingerprint density at radius 3 is 2.41 bits per heavy atom. The van der Waals surface area contributed by atoms with Gasteiger partial charge in [0.2, 0.25) is 0 Å². The first kappa shape index (κ1) is 18.0. The van der Waals surface area contributed by atoms with Crippen LogP contribution >= 0.6 is 11.3 Å². The smallest absolute Gasteiger partial charge is 0.261 e. The number of nitrogens with zero attached hydrogens (tertiary/aromatic N) is 2. The lowest BCUT2D eigenvalue weighted by molar-refractivity contribution is 0.122. The number of thiazole rings is 1. The van der Waals surface area contributed by atoms with Crippen LogP contribution in [0.2, 0.25) is 0 Å². The topological polar surface area (TPSA) is 71.5 Å². The molecule has 2 heterocycles. The Labute approximate surface area is 162 Å². The van der Waals surface area contributed by atoms with Gasteiger partial charge >= 0.3 is 0 Å². The number of hydrogen-bond donors (Lipinski definition) is 1. The van der Waals surface area contributed by atoms with Crippen molar-refractivity contribution in [2.75, 3.05) is 35.9 Å². The molecule has 1 saturated heterocycles. The van der Waals surface area contributed by atoms with Gasteiger partial charge in [0, 0.05) is 29.7 Å². The highest BCUT2D eigenvalue weighted by atomic mass is 32.2. The summed E-state index contributed by atoms with van der Waals surface area (Å²) in [5.41, 5.74) is 2.36. The fourth-order valence-corrected chi connectivity index (χ4v) is 4.79. The number of sulfonamides is 1. The van der Waals surface area contributed by atoms with Crippen molar-refractivity contribution in [3.8, 4) is 11.3 Å². The molecule has 8 heteroatoms. The van der Waals surface area contributed by atoms with Crippen LogP contribution in [0.3, 0.4) is 0 Å². The van der Waals surface area contributed by atoms with Gasteiger partial charge in [-0.05, 0) is 24.3 Å². The second kappa shape index (κ2) is 7.67. The number of ether oxygens (including phenoxy) is 1. The van der Waals surface area contributed by atoms with E-state index in [1.54, 1.807) is 53.8 Å². The van der Waals surface area contributed by atoms with Crippen LogP contribution in [-0.2, 0) is 14.8 Å². The van der Waals surface area contributed by atoms with Gasteiger partial charge in [-0.25, -0.2) is 13.4 Å². The quantitative estimate of drug-likeness (QED) is 0.709. The molecule has 3 aromatic rings. The van der Waals surface area contributed by atoms with Crippen LogP contribution in [-0.4, -0.2) is 39.7 Å². The van der Waals surface area contributed by atoms with Gasteiger partial charge < -0.3 is 9.64 Å². The van der Waals surface area contributed by atoms with Crippen LogP contribution in [0.1, 0.15) is 0 Å². The molecule has 2 aromatic carbocycles. The summed E-state index contributed by atoms with van der Waals surface area (Å²) < 4.78 is 32.8. The van der Waals surface area contributed by atoms with E-state index in [0.717, 1.165) is 42.7 Å². The number of aromatic nitrogens is 1. The highest BCUT2D eigenvalue weighted by Crippen LogP contribution is 2.29. The molecule has 0 spiro atoms. The molecule has 0 radical (unpaired) electrons. The van der Waals surface area contributed by atoms with E-state index >= 15 is 0 Å². The Kier molecular flexibility index (Phi) is 5.11. The predicted octanol–water partition coefficient (Wildman–Crippen LogP) is 3.45. The maximum absolute atomic E-state index is 12.4. The summed E-state index contributed by atoms with van der Waals surface area (Å²) in [6.45, 7) is 3.16. The summed E-state index contributed by atoms with van der Waals surface area (Å²) in [7, 11) is -3.58. The summed E-state index contributed by atoms with van der Waals surface area (Å²) in [6, 6.07) is 15.6. The molecule has 1 fully saturated rings. The van der Waals surface area contributed by atoms with E-state index in [1.807, 2.05) is 17.5 Å². The molecule has 0 aliphatic carbocycles. The molecule has 0 unspecified atom stereocenters. The van der Waals surface area contributed by atoms with E-state index in [1.165, 1.54) is 0 Å². The van der Waals surface area contributed by atoms with Crippen molar-refractivity contribution >= 4 is 32.2 Å². The van der Waals surface area contributed by atoms with Gasteiger partial charge in [0.15, 0.2) is 5.13 Å². The van der Waals surface area contributed by atoms with Gasteiger partial charge in [0.05, 0.1) is 23.8 Å². The zero-order valence-corrected chi connectivity index (χ0v) is 16.2. The number of benzene rings is 2. The van der Waals surface area contributed by atoms with Crippen LogP contribution in [0, 0.1) is 0 Å². The molecule has 1 aliphatic rings. The number of anilines is 2. The molecule has 140 valence electrons. The van der Waals surface area contributed by atoms with Crippen molar-refractivity contribution < 1.29 is 13.2 Å². The summed E-state index contributed by atoms with van der Waals surface area (Å²) in [5, 5.41) is 3.01. The third kappa shape index (κ3) is 4.13. The molecule has 1 aromatic heterocycles. The largest absolute Gasteiger partial charge is 0.378 e. The fourth-order valence-electron chi connectivity index (χ4n) is 2.82. The minimum Gasteiger partial charge on any atom is -0.378 e. The first-order valence-corrected chi connectivity index (χ1v) is 10.9. The molecule has 0 amide bonds. The zero-order valence-electron chi connectivity index (χ0n) is 14.5. The van der Waals surface area contributed by atoms with E-state index in [9.17, 15) is 8.42 Å². The summed E-state index contributed by atoms with van der Waals surface area (Å²) in [6.07, 6.45) is 0. The Balaban J connectivity index is 1.49. The first-order valence-electron chi connectivity index (χ1n) is 8.58. The number of hydrogen-bond acceptors (Lipinski definition) is 6. The van der Waals surface area contributed by atoms with E-state index in [-0.39, 0.29) is 4.90 Å². The fraction of sp³-hybridized carbons (Fsp3) is 0.211. The van der Waals surface area contributed by atoms with Crippen LogP contribution in [0.5, 0.6) is 0 Å². The lowest BCUT2D eigenvalue weighted by atomic mass is 10.1. The van der Waals surface area contributed by atoms with Crippen LogP contribution in [0.15, 0.2) is 64.9 Å². The number of nitrogens with one attached hydrogen (secondary N) is 1. The van der Waals surface area contributed by atoms with Gasteiger partial charge in [-0.15, -0.1) is 11.3 Å². The first-order chi connectivity index (χ1) is 13.1. The van der Waals surface area contributed by atoms with E-state index < -0.39 is 10.0 Å². The number of morpholine rings is 1. The Hall–Kier alpha value is -2.42. The van der Waals surface area contributed by atoms with Gasteiger partial charge in [-0.3, -0.25) is 4.72 Å². The lowest BCUT2D eigenvalue weighted by Gasteiger charge is -2.26. The van der Waals surface area contributed by atoms with Gasteiger partial charge in [-0.1, -0.05) is 30.3 Å². The molecule has 0 saturated carbocycles. The SMILES string of the molecule is O=S(=O)(Nc1ccc(-c2csc(N3CCOCC3)n2)cc1)c1ccccc1.